The predicted molar refractivity (Wildman–Crippen MR) is 67.0 cm³/mol. The lowest BCUT2D eigenvalue weighted by Gasteiger charge is -2.18. The maximum atomic E-state index is 11.9. The van der Waals surface area contributed by atoms with Crippen LogP contribution < -0.4 is 16.4 Å². The van der Waals surface area contributed by atoms with Gasteiger partial charge in [-0.05, 0) is 18.5 Å². The Bertz CT molecular complexity index is 503. The van der Waals surface area contributed by atoms with Crippen molar-refractivity contribution in [2.24, 2.45) is 11.7 Å². The third-order valence-electron chi connectivity index (χ3n) is 3.05. The molecule has 0 saturated carbocycles. The fourth-order valence-corrected chi connectivity index (χ4v) is 2.15. The summed E-state index contributed by atoms with van der Waals surface area (Å²) in [6.07, 6.45) is 0.308. The lowest BCUT2D eigenvalue weighted by molar-refractivity contribution is -0.384. The van der Waals surface area contributed by atoms with Gasteiger partial charge in [0.15, 0.2) is 0 Å². The Morgan fingerprint density at radius 2 is 2.22 bits per heavy atom. The largest absolute Gasteiger partial charge is 0.397 e. The molecule has 1 unspecified atom stereocenters. The van der Waals surface area contributed by atoms with Crippen LogP contribution in [0.15, 0.2) is 18.2 Å². The fourth-order valence-electron chi connectivity index (χ4n) is 2.15. The predicted octanol–water partition coefficient (Wildman–Crippen LogP) is 0.489. The quantitative estimate of drug-likeness (QED) is 0.460. The first kappa shape index (κ1) is 12.3. The first-order chi connectivity index (χ1) is 8.54. The standard InChI is InChI=1S/C11H14N4O3/c12-5-7-4-10(16)14(6-7)11-8(13)2-1-3-9(11)15(17)18/h1-3,7H,4-6,12-13H2. The Morgan fingerprint density at radius 1 is 1.50 bits per heavy atom. The zero-order valence-electron chi connectivity index (χ0n) is 9.70. The fraction of sp³-hybridized carbons (Fsp3) is 0.364. The average molecular weight is 250 g/mol. The molecule has 0 aliphatic carbocycles. The van der Waals surface area contributed by atoms with Gasteiger partial charge in [0.25, 0.3) is 5.69 Å². The van der Waals surface area contributed by atoms with Gasteiger partial charge in [0.05, 0.1) is 10.6 Å². The molecule has 7 heteroatoms. The second-order valence-electron chi connectivity index (χ2n) is 4.28. The number of amides is 1. The lowest BCUT2D eigenvalue weighted by atomic mass is 10.1. The van der Waals surface area contributed by atoms with Gasteiger partial charge < -0.3 is 16.4 Å². The summed E-state index contributed by atoms with van der Waals surface area (Å²) < 4.78 is 0. The van der Waals surface area contributed by atoms with Crippen LogP contribution in [-0.4, -0.2) is 23.9 Å². The summed E-state index contributed by atoms with van der Waals surface area (Å²) in [4.78, 5) is 23.7. The molecule has 1 aliphatic rings. The van der Waals surface area contributed by atoms with E-state index in [-0.39, 0.29) is 28.9 Å². The molecule has 1 saturated heterocycles. The van der Waals surface area contributed by atoms with Crippen molar-refractivity contribution in [2.75, 3.05) is 23.7 Å². The van der Waals surface area contributed by atoms with E-state index in [1.54, 1.807) is 6.07 Å². The van der Waals surface area contributed by atoms with E-state index in [4.69, 9.17) is 11.5 Å². The molecule has 7 nitrogen and oxygen atoms in total. The molecule has 2 rings (SSSR count). The van der Waals surface area contributed by atoms with Crippen molar-refractivity contribution in [3.63, 3.8) is 0 Å². The van der Waals surface area contributed by atoms with Crippen molar-refractivity contribution in [1.82, 2.24) is 0 Å². The number of carbonyl (C=O) groups excluding carboxylic acids is 1. The van der Waals surface area contributed by atoms with Crippen molar-refractivity contribution in [3.05, 3.63) is 28.3 Å². The van der Waals surface area contributed by atoms with Crippen LogP contribution in [0.3, 0.4) is 0 Å². The molecule has 0 spiro atoms. The molecule has 0 radical (unpaired) electrons. The number of nitro benzene ring substituents is 1. The van der Waals surface area contributed by atoms with E-state index in [1.807, 2.05) is 0 Å². The molecular weight excluding hydrogens is 236 g/mol. The summed E-state index contributed by atoms with van der Waals surface area (Å²) in [6.45, 7) is 0.757. The highest BCUT2D eigenvalue weighted by Crippen LogP contribution is 2.37. The average Bonchev–Trinajstić information content (AvgIpc) is 2.70. The molecule has 1 aromatic carbocycles. The van der Waals surface area contributed by atoms with Crippen LogP contribution in [0.5, 0.6) is 0 Å². The summed E-state index contributed by atoms with van der Waals surface area (Å²) in [7, 11) is 0. The third-order valence-corrected chi connectivity index (χ3v) is 3.05. The molecule has 1 aromatic rings. The van der Waals surface area contributed by atoms with Crippen LogP contribution in [0.2, 0.25) is 0 Å². The van der Waals surface area contributed by atoms with Crippen molar-refractivity contribution in [1.29, 1.82) is 0 Å². The SMILES string of the molecule is NCC1CC(=O)N(c2c(N)cccc2[N+](=O)[O-])C1. The Labute approximate surface area is 104 Å². The number of nitrogens with two attached hydrogens (primary N) is 2. The number of hydrogen-bond acceptors (Lipinski definition) is 5. The monoisotopic (exact) mass is 250 g/mol. The number of rotatable bonds is 3. The molecule has 1 aliphatic heterocycles. The second-order valence-corrected chi connectivity index (χ2v) is 4.28. The molecule has 0 aromatic heterocycles. The normalized spacial score (nSPS) is 19.3. The van der Waals surface area contributed by atoms with E-state index in [9.17, 15) is 14.9 Å². The second kappa shape index (κ2) is 4.61. The Balaban J connectivity index is 2.45. The first-order valence-corrected chi connectivity index (χ1v) is 5.58. The van der Waals surface area contributed by atoms with E-state index >= 15 is 0 Å². The van der Waals surface area contributed by atoms with Crippen molar-refractivity contribution >= 4 is 23.0 Å². The Kier molecular flexibility index (Phi) is 3.15. The highest BCUT2D eigenvalue weighted by Gasteiger charge is 2.34. The molecule has 1 heterocycles. The van der Waals surface area contributed by atoms with Gasteiger partial charge >= 0.3 is 0 Å². The summed E-state index contributed by atoms with van der Waals surface area (Å²) in [5.41, 5.74) is 11.6. The lowest BCUT2D eigenvalue weighted by Crippen LogP contribution is -2.27. The van der Waals surface area contributed by atoms with Crippen LogP contribution in [0.4, 0.5) is 17.1 Å². The summed E-state index contributed by atoms with van der Waals surface area (Å²) in [5.74, 6) is -0.150. The number of nitrogens with zero attached hydrogens (tertiary/aromatic N) is 2. The molecule has 1 fully saturated rings. The first-order valence-electron chi connectivity index (χ1n) is 5.58. The molecule has 18 heavy (non-hydrogen) atoms. The maximum absolute atomic E-state index is 11.9. The van der Waals surface area contributed by atoms with Crippen LogP contribution >= 0.6 is 0 Å². The van der Waals surface area contributed by atoms with E-state index in [2.05, 4.69) is 0 Å². The molecule has 0 bridgehead atoms. The summed E-state index contributed by atoms with van der Waals surface area (Å²) in [5, 5.41) is 11.0. The van der Waals surface area contributed by atoms with Crippen LogP contribution in [0.25, 0.3) is 0 Å². The Morgan fingerprint density at radius 3 is 2.78 bits per heavy atom. The summed E-state index contributed by atoms with van der Waals surface area (Å²) in [6, 6.07) is 4.39. The Hall–Kier alpha value is -2.15. The zero-order chi connectivity index (χ0) is 13.3. The van der Waals surface area contributed by atoms with Gasteiger partial charge in [-0.25, -0.2) is 0 Å². The molecule has 96 valence electrons. The topological polar surface area (TPSA) is 115 Å². The smallest absolute Gasteiger partial charge is 0.295 e. The van der Waals surface area contributed by atoms with E-state index in [1.165, 1.54) is 17.0 Å². The van der Waals surface area contributed by atoms with Gasteiger partial charge in [0.2, 0.25) is 5.91 Å². The van der Waals surface area contributed by atoms with Gasteiger partial charge in [-0.1, -0.05) is 6.07 Å². The van der Waals surface area contributed by atoms with E-state index in [0.717, 1.165) is 0 Å². The highest BCUT2D eigenvalue weighted by atomic mass is 16.6. The van der Waals surface area contributed by atoms with Gasteiger partial charge in [-0.15, -0.1) is 0 Å². The number of nitro groups is 1. The maximum Gasteiger partial charge on any atom is 0.295 e. The number of hydrogen-bond donors (Lipinski definition) is 2. The van der Waals surface area contributed by atoms with Gasteiger partial charge in [-0.3, -0.25) is 14.9 Å². The van der Waals surface area contributed by atoms with Crippen LogP contribution in [-0.2, 0) is 4.79 Å². The molecular formula is C11H14N4O3. The van der Waals surface area contributed by atoms with Gasteiger partial charge in [-0.2, -0.15) is 0 Å². The summed E-state index contributed by atoms with van der Waals surface area (Å²) >= 11 is 0. The molecule has 1 atom stereocenters. The third kappa shape index (κ3) is 2.00. The number of nitrogen functional groups attached to an aromatic ring is 1. The minimum atomic E-state index is -0.533. The highest BCUT2D eigenvalue weighted by molar-refractivity contribution is 6.01. The van der Waals surface area contributed by atoms with E-state index in [0.29, 0.717) is 19.5 Å². The van der Waals surface area contributed by atoms with Crippen LogP contribution in [0.1, 0.15) is 6.42 Å². The van der Waals surface area contributed by atoms with Crippen LogP contribution in [0, 0.1) is 16.0 Å². The number of carbonyl (C=O) groups is 1. The zero-order valence-corrected chi connectivity index (χ0v) is 9.70. The number of anilines is 2. The molecule has 4 N–H and O–H groups in total. The van der Waals surface area contributed by atoms with Gasteiger partial charge in [0.1, 0.15) is 5.69 Å². The minimum absolute atomic E-state index is 0.0247. The molecule has 1 amide bonds. The van der Waals surface area contributed by atoms with Gasteiger partial charge in [0, 0.05) is 19.0 Å². The number of benzene rings is 1. The van der Waals surface area contributed by atoms with Crippen molar-refractivity contribution in [2.45, 2.75) is 6.42 Å². The minimum Gasteiger partial charge on any atom is -0.397 e. The van der Waals surface area contributed by atoms with Crippen molar-refractivity contribution in [3.8, 4) is 0 Å². The van der Waals surface area contributed by atoms with E-state index < -0.39 is 4.92 Å². The number of para-hydroxylation sites is 1. The van der Waals surface area contributed by atoms with Crippen molar-refractivity contribution < 1.29 is 9.72 Å².